The molecule has 0 saturated heterocycles. The summed E-state index contributed by atoms with van der Waals surface area (Å²) in [6.45, 7) is 2.73. The number of unbranched alkanes of at least 4 members (excludes halogenated alkanes) is 4. The molecule has 0 unspecified atom stereocenters. The molecule has 4 nitrogen and oxygen atoms in total. The second-order valence-electron chi connectivity index (χ2n) is 6.10. The summed E-state index contributed by atoms with van der Waals surface area (Å²) in [7, 11) is 0. The summed E-state index contributed by atoms with van der Waals surface area (Å²) in [6, 6.07) is 11.8. The number of nitrogens with zero attached hydrogens (tertiary/aromatic N) is 1. The van der Waals surface area contributed by atoms with Gasteiger partial charge >= 0.3 is 0 Å². The van der Waals surface area contributed by atoms with Gasteiger partial charge in [0, 0.05) is 12.7 Å². The Bertz CT molecular complexity index is 638. The van der Waals surface area contributed by atoms with Crippen molar-refractivity contribution >= 4 is 11.7 Å². The van der Waals surface area contributed by atoms with E-state index in [4.69, 9.17) is 5.73 Å². The molecule has 0 saturated carbocycles. The van der Waals surface area contributed by atoms with E-state index in [0.29, 0.717) is 12.1 Å². The number of carbonyl (C=O) groups is 1. The Morgan fingerprint density at radius 2 is 1.75 bits per heavy atom. The third-order valence-electron chi connectivity index (χ3n) is 4.13. The van der Waals surface area contributed by atoms with Gasteiger partial charge in [-0.25, -0.2) is 4.98 Å². The van der Waals surface area contributed by atoms with E-state index < -0.39 is 0 Å². The van der Waals surface area contributed by atoms with Crippen LogP contribution in [0.15, 0.2) is 42.6 Å². The van der Waals surface area contributed by atoms with E-state index in [2.05, 4.69) is 41.5 Å². The largest absolute Gasteiger partial charge is 0.383 e. The second-order valence-corrected chi connectivity index (χ2v) is 6.10. The van der Waals surface area contributed by atoms with Gasteiger partial charge < -0.3 is 11.1 Å². The van der Waals surface area contributed by atoms with E-state index in [1.807, 2.05) is 0 Å². The summed E-state index contributed by atoms with van der Waals surface area (Å²) in [5.74, 6) is 0.0639. The molecule has 128 valence electrons. The predicted octanol–water partition coefficient (Wildman–Crippen LogP) is 4.11. The summed E-state index contributed by atoms with van der Waals surface area (Å²) in [5.41, 5.74) is 8.58. The van der Waals surface area contributed by atoms with Crippen molar-refractivity contribution in [2.45, 2.75) is 52.0 Å². The number of hydrogen-bond acceptors (Lipinski definition) is 3. The topological polar surface area (TPSA) is 68.0 Å². The average Bonchev–Trinajstić information content (AvgIpc) is 2.61. The Morgan fingerprint density at radius 3 is 2.46 bits per heavy atom. The Labute approximate surface area is 144 Å². The molecule has 2 aromatic rings. The fourth-order valence-corrected chi connectivity index (χ4v) is 2.64. The maximum atomic E-state index is 12.1. The first-order valence-electron chi connectivity index (χ1n) is 8.77. The molecule has 1 aromatic carbocycles. The first-order valence-corrected chi connectivity index (χ1v) is 8.77. The Kier molecular flexibility index (Phi) is 7.27. The van der Waals surface area contributed by atoms with Crippen LogP contribution in [0.5, 0.6) is 0 Å². The first-order chi connectivity index (χ1) is 11.7. The lowest BCUT2D eigenvalue weighted by Gasteiger charge is -2.08. The molecule has 0 radical (unpaired) electrons. The number of nitrogens with one attached hydrogen (secondary N) is 1. The van der Waals surface area contributed by atoms with E-state index in [0.717, 1.165) is 12.0 Å². The zero-order valence-corrected chi connectivity index (χ0v) is 14.4. The molecule has 24 heavy (non-hydrogen) atoms. The molecule has 0 spiro atoms. The predicted molar refractivity (Wildman–Crippen MR) is 98.7 cm³/mol. The van der Waals surface area contributed by atoms with Crippen molar-refractivity contribution in [3.8, 4) is 0 Å². The summed E-state index contributed by atoms with van der Waals surface area (Å²) in [5, 5.41) is 2.88. The summed E-state index contributed by atoms with van der Waals surface area (Å²) in [4.78, 5) is 16.0. The summed E-state index contributed by atoms with van der Waals surface area (Å²) in [6.07, 6.45) is 9.20. The normalized spacial score (nSPS) is 10.5. The molecular weight excluding hydrogens is 298 g/mol. The number of nitrogen functional groups attached to an aromatic ring is 1. The molecule has 2 rings (SSSR count). The number of rotatable bonds is 9. The molecular formula is C20H27N3O. The zero-order chi connectivity index (χ0) is 17.2. The lowest BCUT2D eigenvalue weighted by molar-refractivity contribution is 0.0951. The lowest BCUT2D eigenvalue weighted by atomic mass is 10.0. The highest BCUT2D eigenvalue weighted by Crippen LogP contribution is 2.11. The molecule has 3 N–H and O–H groups in total. The maximum absolute atomic E-state index is 12.1. The van der Waals surface area contributed by atoms with Crippen molar-refractivity contribution in [3.05, 3.63) is 59.3 Å². The van der Waals surface area contributed by atoms with Crippen LogP contribution >= 0.6 is 0 Å². The van der Waals surface area contributed by atoms with Gasteiger partial charge in [0.2, 0.25) is 0 Å². The van der Waals surface area contributed by atoms with Crippen molar-refractivity contribution < 1.29 is 4.79 Å². The van der Waals surface area contributed by atoms with Crippen LogP contribution in [0.4, 0.5) is 5.82 Å². The van der Waals surface area contributed by atoms with Gasteiger partial charge in [0.15, 0.2) is 0 Å². The monoisotopic (exact) mass is 325 g/mol. The van der Waals surface area contributed by atoms with E-state index in [1.54, 1.807) is 18.3 Å². The third-order valence-corrected chi connectivity index (χ3v) is 4.13. The number of anilines is 1. The highest BCUT2D eigenvalue weighted by molar-refractivity contribution is 5.98. The molecule has 4 heteroatoms. The molecule has 0 aliphatic heterocycles. The number of carbonyl (C=O) groups excluding carboxylic acids is 1. The van der Waals surface area contributed by atoms with Crippen LogP contribution in [0.25, 0.3) is 0 Å². The molecule has 1 aromatic heterocycles. The van der Waals surface area contributed by atoms with Gasteiger partial charge in [0.25, 0.3) is 5.91 Å². The van der Waals surface area contributed by atoms with Crippen molar-refractivity contribution in [2.24, 2.45) is 0 Å². The Balaban J connectivity index is 1.77. The Morgan fingerprint density at radius 1 is 1.04 bits per heavy atom. The van der Waals surface area contributed by atoms with Crippen LogP contribution in [0.3, 0.4) is 0 Å². The second kappa shape index (κ2) is 9.71. The number of nitrogens with two attached hydrogens (primary N) is 1. The van der Waals surface area contributed by atoms with Gasteiger partial charge in [-0.05, 0) is 36.1 Å². The number of amides is 1. The van der Waals surface area contributed by atoms with Crippen LogP contribution in [-0.2, 0) is 13.0 Å². The summed E-state index contributed by atoms with van der Waals surface area (Å²) >= 11 is 0. The average molecular weight is 325 g/mol. The minimum atomic E-state index is -0.194. The highest BCUT2D eigenvalue weighted by atomic mass is 16.1. The van der Waals surface area contributed by atoms with Gasteiger partial charge in [0.1, 0.15) is 5.82 Å². The summed E-state index contributed by atoms with van der Waals surface area (Å²) < 4.78 is 0. The van der Waals surface area contributed by atoms with E-state index in [-0.39, 0.29) is 11.7 Å². The highest BCUT2D eigenvalue weighted by Gasteiger charge is 2.09. The Hall–Kier alpha value is -2.36. The van der Waals surface area contributed by atoms with E-state index >= 15 is 0 Å². The van der Waals surface area contributed by atoms with Gasteiger partial charge in [-0.1, -0.05) is 56.9 Å². The molecule has 0 bridgehead atoms. The van der Waals surface area contributed by atoms with Crippen molar-refractivity contribution in [1.29, 1.82) is 0 Å². The standard InChI is InChI=1S/C20H27N3O/c1-2-3-4-5-6-8-16-10-12-17(13-11-16)15-23-20(24)18-9-7-14-22-19(18)21/h7,9-14H,2-6,8,15H2,1H3,(H2,21,22)(H,23,24). The molecule has 0 atom stereocenters. The fraction of sp³-hybridized carbons (Fsp3) is 0.400. The quantitative estimate of drug-likeness (QED) is 0.682. The van der Waals surface area contributed by atoms with Crippen LogP contribution in [0.1, 0.15) is 60.5 Å². The van der Waals surface area contributed by atoms with Crippen LogP contribution in [-0.4, -0.2) is 10.9 Å². The van der Waals surface area contributed by atoms with Gasteiger partial charge in [-0.3, -0.25) is 4.79 Å². The number of pyridine rings is 1. The van der Waals surface area contributed by atoms with Crippen LogP contribution in [0, 0.1) is 0 Å². The molecule has 0 fully saturated rings. The number of hydrogen-bond donors (Lipinski definition) is 2. The maximum Gasteiger partial charge on any atom is 0.255 e. The lowest BCUT2D eigenvalue weighted by Crippen LogP contribution is -2.24. The number of aromatic nitrogens is 1. The SMILES string of the molecule is CCCCCCCc1ccc(CNC(=O)c2cccnc2N)cc1. The van der Waals surface area contributed by atoms with Crippen molar-refractivity contribution in [3.63, 3.8) is 0 Å². The van der Waals surface area contributed by atoms with Gasteiger partial charge in [-0.15, -0.1) is 0 Å². The van der Waals surface area contributed by atoms with Crippen LogP contribution in [0.2, 0.25) is 0 Å². The number of benzene rings is 1. The molecule has 1 amide bonds. The molecule has 1 heterocycles. The minimum absolute atomic E-state index is 0.194. The third kappa shape index (κ3) is 5.69. The number of aryl methyl sites for hydroxylation is 1. The van der Waals surface area contributed by atoms with Gasteiger partial charge in [-0.2, -0.15) is 0 Å². The van der Waals surface area contributed by atoms with E-state index in [1.165, 1.54) is 37.7 Å². The minimum Gasteiger partial charge on any atom is -0.383 e. The zero-order valence-electron chi connectivity index (χ0n) is 14.4. The van der Waals surface area contributed by atoms with Crippen LogP contribution < -0.4 is 11.1 Å². The molecule has 0 aliphatic rings. The first kappa shape index (κ1) is 18.0. The smallest absolute Gasteiger partial charge is 0.255 e. The van der Waals surface area contributed by atoms with Crippen molar-refractivity contribution in [2.75, 3.05) is 5.73 Å². The van der Waals surface area contributed by atoms with Crippen molar-refractivity contribution in [1.82, 2.24) is 10.3 Å². The molecule has 0 aliphatic carbocycles. The van der Waals surface area contributed by atoms with Gasteiger partial charge in [0.05, 0.1) is 5.56 Å². The fourth-order valence-electron chi connectivity index (χ4n) is 2.64. The van der Waals surface area contributed by atoms with E-state index in [9.17, 15) is 4.79 Å².